The fourth-order valence-electron chi connectivity index (χ4n) is 2.45. The van der Waals surface area contributed by atoms with E-state index in [-0.39, 0.29) is 6.04 Å². The molecule has 0 amide bonds. The third kappa shape index (κ3) is 3.34. The van der Waals surface area contributed by atoms with Crippen LogP contribution in [0.1, 0.15) is 58.3 Å². The molecule has 1 unspecified atom stereocenters. The summed E-state index contributed by atoms with van der Waals surface area (Å²) >= 11 is 0. The van der Waals surface area contributed by atoms with Gasteiger partial charge in [0.05, 0.1) is 6.04 Å². The molecule has 2 heterocycles. The van der Waals surface area contributed by atoms with Gasteiger partial charge in [0.15, 0.2) is 5.82 Å². The summed E-state index contributed by atoms with van der Waals surface area (Å²) in [6, 6.07) is 0.850. The second-order valence-electron chi connectivity index (χ2n) is 5.99. The Morgan fingerprint density at radius 1 is 0.947 bits per heavy atom. The van der Waals surface area contributed by atoms with Gasteiger partial charge in [-0.05, 0) is 20.8 Å². The molecular weight excluding hydrogens is 240 g/mol. The van der Waals surface area contributed by atoms with Crippen LogP contribution in [0.4, 0.5) is 0 Å². The maximum atomic E-state index is 5.40. The van der Waals surface area contributed by atoms with E-state index >= 15 is 0 Å². The Morgan fingerprint density at radius 2 is 1.53 bits per heavy atom. The zero-order valence-electron chi connectivity index (χ0n) is 12.8. The molecule has 0 spiro atoms. The molecule has 0 aromatic carbocycles. The normalized spacial score (nSPS) is 20.4. The Bertz CT molecular complexity index is 394. The second-order valence-corrected chi connectivity index (χ2v) is 5.99. The lowest BCUT2D eigenvalue weighted by Crippen LogP contribution is -2.49. The van der Waals surface area contributed by atoms with Crippen molar-refractivity contribution in [2.75, 3.05) is 26.2 Å². The van der Waals surface area contributed by atoms with E-state index in [9.17, 15) is 0 Å². The predicted octanol–water partition coefficient (Wildman–Crippen LogP) is 2.28. The quantitative estimate of drug-likeness (QED) is 0.836. The average Bonchev–Trinajstić information content (AvgIpc) is 2.87. The van der Waals surface area contributed by atoms with Crippen molar-refractivity contribution in [2.45, 2.75) is 52.6 Å². The first-order chi connectivity index (χ1) is 8.99. The van der Waals surface area contributed by atoms with E-state index in [1.165, 1.54) is 0 Å². The average molecular weight is 266 g/mol. The first-order valence-electron chi connectivity index (χ1n) is 7.30. The minimum Gasteiger partial charge on any atom is -0.338 e. The van der Waals surface area contributed by atoms with Gasteiger partial charge in [-0.25, -0.2) is 0 Å². The number of piperazine rings is 1. The van der Waals surface area contributed by atoms with Gasteiger partial charge in [-0.15, -0.1) is 0 Å². The Hall–Kier alpha value is -0.940. The topological polar surface area (TPSA) is 45.4 Å². The molecule has 0 radical (unpaired) electrons. The lowest BCUT2D eigenvalue weighted by atomic mass is 10.2. The van der Waals surface area contributed by atoms with E-state index in [2.05, 4.69) is 54.6 Å². The van der Waals surface area contributed by atoms with Crippen molar-refractivity contribution in [3.8, 4) is 0 Å². The highest BCUT2D eigenvalue weighted by atomic mass is 16.5. The molecule has 0 N–H and O–H groups in total. The second kappa shape index (κ2) is 6.01. The molecule has 1 saturated heterocycles. The minimum atomic E-state index is 0.217. The number of rotatable bonds is 4. The monoisotopic (exact) mass is 266 g/mol. The number of nitrogens with zero attached hydrogens (tertiary/aromatic N) is 4. The molecular formula is C14H26N4O. The fraction of sp³-hybridized carbons (Fsp3) is 0.857. The predicted molar refractivity (Wildman–Crippen MR) is 75.1 cm³/mol. The van der Waals surface area contributed by atoms with Gasteiger partial charge in [-0.2, -0.15) is 4.98 Å². The number of hydrogen-bond acceptors (Lipinski definition) is 5. The molecule has 5 nitrogen and oxygen atoms in total. The molecule has 5 heteroatoms. The SMILES string of the molecule is CC(C)c1noc(C(C)N2CCN(C(C)C)CC2)n1. The van der Waals surface area contributed by atoms with Gasteiger partial charge < -0.3 is 4.52 Å². The summed E-state index contributed by atoms with van der Waals surface area (Å²) in [5.74, 6) is 1.88. The Balaban J connectivity index is 1.95. The van der Waals surface area contributed by atoms with Crippen LogP contribution < -0.4 is 0 Å². The zero-order chi connectivity index (χ0) is 14.0. The van der Waals surface area contributed by atoms with Crippen molar-refractivity contribution < 1.29 is 4.52 Å². The zero-order valence-corrected chi connectivity index (χ0v) is 12.8. The highest BCUT2D eigenvalue weighted by Gasteiger charge is 2.26. The molecule has 0 bridgehead atoms. The van der Waals surface area contributed by atoms with Gasteiger partial charge in [0.2, 0.25) is 5.89 Å². The van der Waals surface area contributed by atoms with E-state index in [4.69, 9.17) is 4.52 Å². The minimum absolute atomic E-state index is 0.217. The molecule has 0 aliphatic carbocycles. The lowest BCUT2D eigenvalue weighted by Gasteiger charge is -2.38. The Kier molecular flexibility index (Phi) is 4.58. The van der Waals surface area contributed by atoms with Crippen molar-refractivity contribution in [3.63, 3.8) is 0 Å². The van der Waals surface area contributed by atoms with Gasteiger partial charge in [-0.1, -0.05) is 19.0 Å². The molecule has 2 rings (SSSR count). The standard InChI is InChI=1S/C14H26N4O/c1-10(2)13-15-14(19-16-13)12(5)18-8-6-17(7-9-18)11(3)4/h10-12H,6-9H2,1-5H3. The van der Waals surface area contributed by atoms with Gasteiger partial charge in [0.1, 0.15) is 0 Å². The molecule has 108 valence electrons. The van der Waals surface area contributed by atoms with Crippen molar-refractivity contribution >= 4 is 0 Å². The highest BCUT2D eigenvalue weighted by molar-refractivity contribution is 4.96. The van der Waals surface area contributed by atoms with Crippen LogP contribution in [0.5, 0.6) is 0 Å². The van der Waals surface area contributed by atoms with E-state index in [1.807, 2.05) is 0 Å². The van der Waals surface area contributed by atoms with Crippen LogP contribution in [0.15, 0.2) is 4.52 Å². The van der Waals surface area contributed by atoms with Crippen LogP contribution in [-0.2, 0) is 0 Å². The van der Waals surface area contributed by atoms with Crippen LogP contribution in [-0.4, -0.2) is 52.2 Å². The molecule has 19 heavy (non-hydrogen) atoms. The highest BCUT2D eigenvalue weighted by Crippen LogP contribution is 2.22. The van der Waals surface area contributed by atoms with Crippen LogP contribution in [0.25, 0.3) is 0 Å². The van der Waals surface area contributed by atoms with Crippen LogP contribution in [0, 0.1) is 0 Å². The molecule has 1 aromatic heterocycles. The molecule has 1 atom stereocenters. The van der Waals surface area contributed by atoms with Crippen molar-refractivity contribution in [3.05, 3.63) is 11.7 Å². The summed E-state index contributed by atoms with van der Waals surface area (Å²) in [6.07, 6.45) is 0. The van der Waals surface area contributed by atoms with Crippen molar-refractivity contribution in [1.29, 1.82) is 0 Å². The summed E-state index contributed by atoms with van der Waals surface area (Å²) < 4.78 is 5.40. The van der Waals surface area contributed by atoms with Crippen LogP contribution in [0.2, 0.25) is 0 Å². The fourth-order valence-corrected chi connectivity index (χ4v) is 2.45. The first kappa shape index (κ1) is 14.5. The molecule has 1 aliphatic rings. The summed E-state index contributed by atoms with van der Waals surface area (Å²) in [7, 11) is 0. The molecule has 0 saturated carbocycles. The van der Waals surface area contributed by atoms with Crippen LogP contribution in [0.3, 0.4) is 0 Å². The maximum Gasteiger partial charge on any atom is 0.243 e. The Morgan fingerprint density at radius 3 is 2.00 bits per heavy atom. The lowest BCUT2D eigenvalue weighted by molar-refractivity contribution is 0.0722. The summed E-state index contributed by atoms with van der Waals surface area (Å²) in [4.78, 5) is 9.44. The smallest absolute Gasteiger partial charge is 0.243 e. The Labute approximate surface area is 116 Å². The maximum absolute atomic E-state index is 5.40. The molecule has 1 aromatic rings. The first-order valence-corrected chi connectivity index (χ1v) is 7.30. The van der Waals surface area contributed by atoms with Gasteiger partial charge >= 0.3 is 0 Å². The van der Waals surface area contributed by atoms with Crippen LogP contribution >= 0.6 is 0 Å². The van der Waals surface area contributed by atoms with Gasteiger partial charge in [-0.3, -0.25) is 9.80 Å². The molecule has 1 aliphatic heterocycles. The van der Waals surface area contributed by atoms with Crippen molar-refractivity contribution in [1.82, 2.24) is 19.9 Å². The van der Waals surface area contributed by atoms with E-state index in [1.54, 1.807) is 0 Å². The summed E-state index contributed by atoms with van der Waals surface area (Å²) in [6.45, 7) is 15.2. The number of hydrogen-bond donors (Lipinski definition) is 0. The summed E-state index contributed by atoms with van der Waals surface area (Å²) in [5, 5.41) is 4.05. The van der Waals surface area contributed by atoms with Gasteiger partial charge in [0.25, 0.3) is 0 Å². The van der Waals surface area contributed by atoms with E-state index in [0.29, 0.717) is 12.0 Å². The third-order valence-corrected chi connectivity index (χ3v) is 3.96. The molecule has 1 fully saturated rings. The van der Waals surface area contributed by atoms with Crippen molar-refractivity contribution in [2.24, 2.45) is 0 Å². The summed E-state index contributed by atoms with van der Waals surface area (Å²) in [5.41, 5.74) is 0. The van der Waals surface area contributed by atoms with Gasteiger partial charge in [0, 0.05) is 38.1 Å². The number of aromatic nitrogens is 2. The van der Waals surface area contributed by atoms with E-state index < -0.39 is 0 Å². The van der Waals surface area contributed by atoms with E-state index in [0.717, 1.165) is 37.9 Å². The third-order valence-electron chi connectivity index (χ3n) is 3.96. The largest absolute Gasteiger partial charge is 0.338 e.